The van der Waals surface area contributed by atoms with Crippen LogP contribution >= 0.6 is 0 Å². The maximum Gasteiger partial charge on any atom is 0.457 e. The summed E-state index contributed by atoms with van der Waals surface area (Å²) < 4.78 is 18.2. The number of carboxylic acids is 1. The van der Waals surface area contributed by atoms with E-state index >= 15 is 0 Å². The van der Waals surface area contributed by atoms with Crippen LogP contribution in [-0.2, 0) is 18.8 Å². The summed E-state index contributed by atoms with van der Waals surface area (Å²) in [7, 11) is -0.278. The van der Waals surface area contributed by atoms with Crippen molar-refractivity contribution in [3.05, 3.63) is 12.7 Å². The number of rotatable bonds is 6. The fraction of sp³-hybridized carbons (Fsp3) is 0.833. The summed E-state index contributed by atoms with van der Waals surface area (Å²) in [6, 6.07) is -0.842. The number of amides is 1. The molecular formula is C24H38BNO6. The molecule has 2 bridgehead atoms. The second-order valence-corrected chi connectivity index (χ2v) is 11.7. The Hall–Kier alpha value is -1.54. The van der Waals surface area contributed by atoms with Gasteiger partial charge in [0.25, 0.3) is 0 Å². The van der Waals surface area contributed by atoms with Gasteiger partial charge < -0.3 is 19.2 Å². The molecule has 5 aliphatic rings. The van der Waals surface area contributed by atoms with Crippen LogP contribution in [-0.4, -0.2) is 59.1 Å². The third kappa shape index (κ3) is 3.87. The van der Waals surface area contributed by atoms with Gasteiger partial charge in [0.1, 0.15) is 11.6 Å². The average molecular weight is 447 g/mol. The number of carbonyl (C=O) groups excluding carboxylic acids is 1. The molecule has 1 amide bonds. The van der Waals surface area contributed by atoms with Crippen molar-refractivity contribution in [1.82, 2.24) is 4.90 Å². The fourth-order valence-corrected chi connectivity index (χ4v) is 6.62. The third-order valence-corrected chi connectivity index (χ3v) is 8.41. The van der Waals surface area contributed by atoms with Crippen molar-refractivity contribution in [3.8, 4) is 0 Å². The minimum Gasteiger partial charge on any atom is -0.480 e. The molecule has 6 atom stereocenters. The zero-order valence-corrected chi connectivity index (χ0v) is 20.1. The van der Waals surface area contributed by atoms with Crippen LogP contribution in [0.3, 0.4) is 0 Å². The minimum atomic E-state index is -0.967. The Morgan fingerprint density at radius 3 is 2.62 bits per heavy atom. The molecule has 178 valence electrons. The lowest BCUT2D eigenvalue weighted by atomic mass is 9.43. The molecule has 2 heterocycles. The van der Waals surface area contributed by atoms with Gasteiger partial charge in [0.15, 0.2) is 0 Å². The second kappa shape index (κ2) is 8.05. The van der Waals surface area contributed by atoms with Gasteiger partial charge in [-0.2, -0.15) is 0 Å². The molecule has 0 unspecified atom stereocenters. The van der Waals surface area contributed by atoms with Gasteiger partial charge in [-0.25, -0.2) is 9.59 Å². The molecular weight excluding hydrogens is 409 g/mol. The number of aliphatic carboxylic acids is 1. The molecule has 0 aromatic heterocycles. The first-order chi connectivity index (χ1) is 14.9. The molecule has 2 aliphatic heterocycles. The molecule has 3 aliphatic carbocycles. The Balaban J connectivity index is 1.32. The van der Waals surface area contributed by atoms with Crippen LogP contribution in [0.25, 0.3) is 0 Å². The van der Waals surface area contributed by atoms with Crippen molar-refractivity contribution in [2.45, 2.75) is 96.4 Å². The summed E-state index contributed by atoms with van der Waals surface area (Å²) >= 11 is 0. The highest BCUT2D eigenvalue weighted by atomic mass is 16.7. The van der Waals surface area contributed by atoms with Gasteiger partial charge in [0, 0.05) is 6.54 Å². The molecule has 1 N–H and O–H groups in total. The Labute approximate surface area is 192 Å². The number of likely N-dealkylation sites (tertiary alicyclic amines) is 1. The highest BCUT2D eigenvalue weighted by Gasteiger charge is 2.68. The van der Waals surface area contributed by atoms with Crippen LogP contribution in [0, 0.1) is 23.2 Å². The molecule has 7 nitrogen and oxygen atoms in total. The molecule has 8 heteroatoms. The number of ether oxygens (including phenoxy) is 1. The summed E-state index contributed by atoms with van der Waals surface area (Å²) in [5.41, 5.74) is -0.789. The molecule has 32 heavy (non-hydrogen) atoms. The van der Waals surface area contributed by atoms with Crippen molar-refractivity contribution in [3.63, 3.8) is 0 Å². The first-order valence-corrected chi connectivity index (χ1v) is 12.1. The van der Waals surface area contributed by atoms with E-state index in [4.69, 9.17) is 14.0 Å². The van der Waals surface area contributed by atoms with Crippen molar-refractivity contribution in [2.24, 2.45) is 23.2 Å². The largest absolute Gasteiger partial charge is 0.480 e. The van der Waals surface area contributed by atoms with Crippen LogP contribution in [0.5, 0.6) is 0 Å². The van der Waals surface area contributed by atoms with Gasteiger partial charge in [-0.05, 0) is 75.9 Å². The van der Waals surface area contributed by atoms with Crippen molar-refractivity contribution < 1.29 is 28.7 Å². The summed E-state index contributed by atoms with van der Waals surface area (Å²) in [6.45, 7) is 14.5. The summed E-state index contributed by atoms with van der Waals surface area (Å²) in [5.74, 6) is 0.0607. The zero-order valence-electron chi connectivity index (χ0n) is 20.1. The first kappa shape index (κ1) is 23.6. The van der Waals surface area contributed by atoms with E-state index in [9.17, 15) is 14.7 Å². The van der Waals surface area contributed by atoms with Gasteiger partial charge in [0.2, 0.25) is 0 Å². The molecule has 5 rings (SSSR count). The number of carbonyl (C=O) groups is 2. The van der Waals surface area contributed by atoms with E-state index in [1.165, 1.54) is 11.3 Å². The minimum absolute atomic E-state index is 0.0719. The molecule has 0 aromatic carbocycles. The van der Waals surface area contributed by atoms with Crippen LogP contribution in [0.1, 0.15) is 66.7 Å². The van der Waals surface area contributed by atoms with Crippen LogP contribution < -0.4 is 0 Å². The lowest BCUT2D eigenvalue weighted by molar-refractivity contribution is -0.186. The predicted molar refractivity (Wildman–Crippen MR) is 121 cm³/mol. The van der Waals surface area contributed by atoms with Gasteiger partial charge in [-0.1, -0.05) is 26.3 Å². The number of hydrogen-bond acceptors (Lipinski definition) is 5. The van der Waals surface area contributed by atoms with Crippen LogP contribution in [0.2, 0.25) is 6.32 Å². The molecule has 3 saturated carbocycles. The Morgan fingerprint density at radius 2 is 2.03 bits per heavy atom. The van der Waals surface area contributed by atoms with Crippen molar-refractivity contribution >= 4 is 19.2 Å². The smallest absolute Gasteiger partial charge is 0.457 e. The quantitative estimate of drug-likeness (QED) is 0.481. The summed E-state index contributed by atoms with van der Waals surface area (Å²) in [5, 5.41) is 9.79. The van der Waals surface area contributed by atoms with Gasteiger partial charge in [-0.3, -0.25) is 4.90 Å². The van der Waals surface area contributed by atoms with Crippen molar-refractivity contribution in [1.29, 1.82) is 0 Å². The van der Waals surface area contributed by atoms with Gasteiger partial charge in [0.05, 0.1) is 11.7 Å². The topological polar surface area (TPSA) is 85.3 Å². The maximum absolute atomic E-state index is 12.5. The molecule has 0 spiro atoms. The van der Waals surface area contributed by atoms with E-state index in [0.29, 0.717) is 31.2 Å². The van der Waals surface area contributed by atoms with Gasteiger partial charge >= 0.3 is 19.2 Å². The summed E-state index contributed by atoms with van der Waals surface area (Å²) in [4.78, 5) is 25.8. The fourth-order valence-electron chi connectivity index (χ4n) is 6.62. The SMILES string of the molecule is C=C[C@@]12OB(CCC[C@@H]3CCN(C(=O)OC(C)(C)C)[C@@H]3C(=O)O)O[C@@H]1C[C@@H]1C[C@H]2C1(C)C. The Bertz CT molecular complexity index is 779. The highest BCUT2D eigenvalue weighted by Crippen LogP contribution is 2.66. The lowest BCUT2D eigenvalue weighted by Gasteiger charge is -2.64. The van der Waals surface area contributed by atoms with E-state index in [1.54, 1.807) is 20.8 Å². The van der Waals surface area contributed by atoms with Gasteiger partial charge in [-0.15, -0.1) is 6.58 Å². The molecule has 5 fully saturated rings. The van der Waals surface area contributed by atoms with Crippen LogP contribution in [0.15, 0.2) is 12.7 Å². The lowest BCUT2D eigenvalue weighted by Crippen LogP contribution is -2.65. The Morgan fingerprint density at radius 1 is 1.31 bits per heavy atom. The average Bonchev–Trinajstić information content (AvgIpc) is 3.28. The van der Waals surface area contributed by atoms with E-state index in [0.717, 1.165) is 19.2 Å². The zero-order chi connectivity index (χ0) is 23.5. The number of nitrogens with zero attached hydrogens (tertiary/aromatic N) is 1. The van der Waals surface area contributed by atoms with E-state index in [1.807, 2.05) is 6.08 Å². The van der Waals surface area contributed by atoms with Crippen molar-refractivity contribution in [2.75, 3.05) is 6.54 Å². The highest BCUT2D eigenvalue weighted by molar-refractivity contribution is 6.45. The maximum atomic E-state index is 12.5. The third-order valence-electron chi connectivity index (χ3n) is 8.41. The van der Waals surface area contributed by atoms with E-state index in [-0.39, 0.29) is 24.6 Å². The molecule has 0 aromatic rings. The van der Waals surface area contributed by atoms with E-state index < -0.39 is 29.3 Å². The molecule has 2 saturated heterocycles. The van der Waals surface area contributed by atoms with E-state index in [2.05, 4.69) is 20.4 Å². The first-order valence-electron chi connectivity index (χ1n) is 12.1. The Kier molecular flexibility index (Phi) is 5.94. The molecule has 0 radical (unpaired) electrons. The number of hydrogen-bond donors (Lipinski definition) is 1. The summed E-state index contributed by atoms with van der Waals surface area (Å²) in [6.07, 6.45) is 6.57. The normalized spacial score (nSPS) is 37.6. The standard InChI is InChI=1S/C24H38BNO6/c1-7-24-17-13-16(23(17,5)6)14-18(24)31-25(32-24)11-8-9-15-10-12-26(19(15)20(27)28)21(29)30-22(2,3)4/h7,15-19H,1,8-14H2,2-6H3,(H,27,28)/t15-,16+,17+,18-,19+,24+/m1/s1. The predicted octanol–water partition coefficient (Wildman–Crippen LogP) is 4.37. The van der Waals surface area contributed by atoms with Crippen LogP contribution in [0.4, 0.5) is 4.79 Å². The number of carboxylic acid groups (broad SMARTS) is 1. The second-order valence-electron chi connectivity index (χ2n) is 11.7. The monoisotopic (exact) mass is 447 g/mol.